The maximum absolute atomic E-state index is 13.9. The van der Waals surface area contributed by atoms with E-state index in [0.717, 1.165) is 11.8 Å². The molecule has 1 N–H and O–H groups in total. The van der Waals surface area contributed by atoms with Crippen molar-refractivity contribution < 1.29 is 14.3 Å². The minimum Gasteiger partial charge on any atom is -0.478 e. The minimum atomic E-state index is -1.17. The van der Waals surface area contributed by atoms with Gasteiger partial charge in [0.15, 0.2) is 10.2 Å². The zero-order valence-electron chi connectivity index (χ0n) is 8.18. The first-order chi connectivity index (χ1) is 8.09. The van der Waals surface area contributed by atoms with Crippen LogP contribution in [0.15, 0.2) is 37.4 Å². The number of thiazole rings is 1. The van der Waals surface area contributed by atoms with Gasteiger partial charge in [0.1, 0.15) is 0 Å². The summed E-state index contributed by atoms with van der Waals surface area (Å²) in [6, 6.07) is 2.81. The Kier molecular flexibility index (Phi) is 3.80. The van der Waals surface area contributed by atoms with Crippen molar-refractivity contribution in [2.45, 2.75) is 9.24 Å². The van der Waals surface area contributed by atoms with Crippen LogP contribution in [-0.2, 0) is 0 Å². The molecule has 1 heterocycles. The Morgan fingerprint density at radius 2 is 2.29 bits per heavy atom. The lowest BCUT2D eigenvalue weighted by Gasteiger charge is -2.05. The number of hydrogen-bond acceptors (Lipinski definition) is 4. The minimum absolute atomic E-state index is 0.0356. The van der Waals surface area contributed by atoms with E-state index in [-0.39, 0.29) is 10.0 Å². The number of rotatable bonds is 3. The summed E-state index contributed by atoms with van der Waals surface area (Å²) < 4.78 is 14.5. The Morgan fingerprint density at radius 3 is 2.88 bits per heavy atom. The van der Waals surface area contributed by atoms with Crippen molar-refractivity contribution in [2.75, 3.05) is 0 Å². The third-order valence-electron chi connectivity index (χ3n) is 1.88. The van der Waals surface area contributed by atoms with E-state index in [2.05, 4.69) is 20.9 Å². The standard InChI is InChI=1S/C10H5BrFNO2S2/c11-7-5(9(14)15)1-2-6(8(7)12)17-10-13-3-4-16-10/h1-4H,(H,14,15). The molecule has 0 saturated heterocycles. The van der Waals surface area contributed by atoms with E-state index in [9.17, 15) is 9.18 Å². The maximum atomic E-state index is 13.9. The fourth-order valence-corrected chi connectivity index (χ4v) is 3.39. The monoisotopic (exact) mass is 333 g/mol. The Balaban J connectivity index is 2.37. The number of aromatic carboxylic acids is 1. The third-order valence-corrected chi connectivity index (χ3v) is 4.58. The first-order valence-electron chi connectivity index (χ1n) is 4.38. The molecular formula is C10H5BrFNO2S2. The van der Waals surface area contributed by atoms with E-state index in [0.29, 0.717) is 9.24 Å². The highest BCUT2D eigenvalue weighted by atomic mass is 79.9. The number of hydrogen-bond donors (Lipinski definition) is 1. The summed E-state index contributed by atoms with van der Waals surface area (Å²) in [5.74, 6) is -1.74. The van der Waals surface area contributed by atoms with Gasteiger partial charge in [-0.05, 0) is 28.1 Å². The predicted molar refractivity (Wildman–Crippen MR) is 67.3 cm³/mol. The summed E-state index contributed by atoms with van der Waals surface area (Å²) in [4.78, 5) is 15.2. The van der Waals surface area contributed by atoms with Crippen LogP contribution in [0.5, 0.6) is 0 Å². The van der Waals surface area contributed by atoms with Crippen LogP contribution < -0.4 is 0 Å². The van der Waals surface area contributed by atoms with Crippen LogP contribution in [0, 0.1) is 5.82 Å². The molecule has 2 rings (SSSR count). The lowest BCUT2D eigenvalue weighted by Crippen LogP contribution is -2.00. The fourth-order valence-electron chi connectivity index (χ4n) is 1.13. The van der Waals surface area contributed by atoms with Gasteiger partial charge in [0.05, 0.1) is 14.9 Å². The van der Waals surface area contributed by atoms with Crippen LogP contribution in [0.25, 0.3) is 0 Å². The van der Waals surface area contributed by atoms with Crippen LogP contribution in [0.4, 0.5) is 4.39 Å². The van der Waals surface area contributed by atoms with Gasteiger partial charge in [0, 0.05) is 11.6 Å². The number of aromatic nitrogens is 1. The van der Waals surface area contributed by atoms with Gasteiger partial charge in [-0.3, -0.25) is 0 Å². The van der Waals surface area contributed by atoms with Gasteiger partial charge in [0.25, 0.3) is 0 Å². The molecule has 0 aliphatic rings. The van der Waals surface area contributed by atoms with Gasteiger partial charge < -0.3 is 5.11 Å². The quantitative estimate of drug-likeness (QED) is 0.925. The molecule has 0 unspecified atom stereocenters. The molecule has 0 aliphatic heterocycles. The van der Waals surface area contributed by atoms with Crippen LogP contribution in [0.3, 0.4) is 0 Å². The highest BCUT2D eigenvalue weighted by Crippen LogP contribution is 2.35. The number of carbonyl (C=O) groups is 1. The van der Waals surface area contributed by atoms with Crippen LogP contribution in [-0.4, -0.2) is 16.1 Å². The van der Waals surface area contributed by atoms with Gasteiger partial charge in [-0.25, -0.2) is 14.2 Å². The van der Waals surface area contributed by atoms with E-state index >= 15 is 0 Å². The Bertz CT molecular complexity index is 560. The fraction of sp³-hybridized carbons (Fsp3) is 0. The summed E-state index contributed by atoms with van der Waals surface area (Å²) >= 11 is 5.51. The normalized spacial score (nSPS) is 10.5. The lowest BCUT2D eigenvalue weighted by atomic mass is 10.2. The van der Waals surface area contributed by atoms with Crippen molar-refractivity contribution in [3.05, 3.63) is 39.6 Å². The van der Waals surface area contributed by atoms with E-state index in [1.807, 2.05) is 0 Å². The molecule has 0 spiro atoms. The molecule has 0 fully saturated rings. The van der Waals surface area contributed by atoms with Crippen molar-refractivity contribution >= 4 is 45.0 Å². The molecule has 2 aromatic rings. The number of benzene rings is 1. The Hall–Kier alpha value is -0.920. The molecule has 0 saturated carbocycles. The summed E-state index contributed by atoms with van der Waals surface area (Å²) in [6.07, 6.45) is 1.63. The summed E-state index contributed by atoms with van der Waals surface area (Å²) in [5, 5.41) is 10.6. The van der Waals surface area contributed by atoms with Gasteiger partial charge in [-0.2, -0.15) is 0 Å². The average Bonchev–Trinajstić information content (AvgIpc) is 2.77. The van der Waals surface area contributed by atoms with Gasteiger partial charge in [-0.15, -0.1) is 11.3 Å². The molecule has 7 heteroatoms. The molecule has 0 aliphatic carbocycles. The van der Waals surface area contributed by atoms with E-state index in [4.69, 9.17) is 5.11 Å². The molecule has 3 nitrogen and oxygen atoms in total. The Labute approximate surface area is 113 Å². The molecule has 0 bridgehead atoms. The predicted octanol–water partition coefficient (Wildman–Crippen LogP) is 3.89. The molecule has 88 valence electrons. The van der Waals surface area contributed by atoms with Crippen LogP contribution in [0.2, 0.25) is 0 Å². The van der Waals surface area contributed by atoms with Crippen molar-refractivity contribution in [3.8, 4) is 0 Å². The molecule has 0 amide bonds. The number of carboxylic acids is 1. The molecule has 17 heavy (non-hydrogen) atoms. The SMILES string of the molecule is O=C(O)c1ccc(Sc2nccs2)c(F)c1Br. The summed E-state index contributed by atoms with van der Waals surface area (Å²) in [5.41, 5.74) is -0.0917. The zero-order valence-corrected chi connectivity index (χ0v) is 11.4. The lowest BCUT2D eigenvalue weighted by molar-refractivity contribution is 0.0695. The van der Waals surface area contributed by atoms with Crippen molar-refractivity contribution in [1.82, 2.24) is 4.98 Å². The van der Waals surface area contributed by atoms with E-state index in [1.165, 1.54) is 23.5 Å². The van der Waals surface area contributed by atoms with Crippen molar-refractivity contribution in [2.24, 2.45) is 0 Å². The molecule has 0 atom stereocenters. The largest absolute Gasteiger partial charge is 0.478 e. The second-order valence-electron chi connectivity index (χ2n) is 2.94. The van der Waals surface area contributed by atoms with Gasteiger partial charge in [0.2, 0.25) is 0 Å². The van der Waals surface area contributed by atoms with Crippen LogP contribution in [0.1, 0.15) is 10.4 Å². The first kappa shape index (κ1) is 12.5. The molecule has 1 aromatic carbocycles. The highest BCUT2D eigenvalue weighted by molar-refractivity contribution is 9.10. The second-order valence-corrected chi connectivity index (χ2v) is 5.92. The van der Waals surface area contributed by atoms with Crippen molar-refractivity contribution in [1.29, 1.82) is 0 Å². The topological polar surface area (TPSA) is 50.2 Å². The number of carboxylic acid groups (broad SMARTS) is 1. The summed E-state index contributed by atoms with van der Waals surface area (Å²) in [7, 11) is 0. The van der Waals surface area contributed by atoms with Gasteiger partial charge in [-0.1, -0.05) is 11.8 Å². The van der Waals surface area contributed by atoms with Crippen molar-refractivity contribution in [3.63, 3.8) is 0 Å². The highest BCUT2D eigenvalue weighted by Gasteiger charge is 2.16. The van der Waals surface area contributed by atoms with Crippen LogP contribution >= 0.6 is 39.0 Å². The number of halogens is 2. The average molecular weight is 334 g/mol. The first-order valence-corrected chi connectivity index (χ1v) is 6.87. The molecule has 0 radical (unpaired) electrons. The second kappa shape index (κ2) is 5.16. The van der Waals surface area contributed by atoms with E-state index in [1.54, 1.807) is 11.6 Å². The maximum Gasteiger partial charge on any atom is 0.336 e. The zero-order chi connectivity index (χ0) is 12.4. The summed E-state index contributed by atoms with van der Waals surface area (Å²) in [6.45, 7) is 0. The van der Waals surface area contributed by atoms with E-state index < -0.39 is 11.8 Å². The molecule has 1 aromatic heterocycles. The third kappa shape index (κ3) is 2.67. The Morgan fingerprint density at radius 1 is 1.53 bits per heavy atom. The molecular weight excluding hydrogens is 329 g/mol. The number of nitrogens with zero attached hydrogens (tertiary/aromatic N) is 1. The van der Waals surface area contributed by atoms with Gasteiger partial charge >= 0.3 is 5.97 Å². The smallest absolute Gasteiger partial charge is 0.336 e.